The van der Waals surface area contributed by atoms with Crippen molar-refractivity contribution in [2.24, 2.45) is 17.8 Å². The first-order valence-electron chi connectivity index (χ1n) is 16.7. The molecule has 0 saturated carbocycles. The van der Waals surface area contributed by atoms with Crippen LogP contribution in [0.25, 0.3) is 0 Å². The van der Waals surface area contributed by atoms with Crippen LogP contribution in [-0.4, -0.2) is 66.3 Å². The van der Waals surface area contributed by atoms with E-state index < -0.39 is 40.4 Å². The molecule has 1 aliphatic heterocycles. The van der Waals surface area contributed by atoms with Crippen molar-refractivity contribution in [1.82, 2.24) is 0 Å². The molecule has 1 fully saturated rings. The molecule has 0 amide bonds. The maximum Gasteiger partial charge on any atom is 0.397 e. The SMILES string of the molecule is CC(=O)/C(C)=C/C=C/C=C/CC/C=C/C(C)C(O)C(C)C(O)/C=C/C=C/C=C/C=C/C=C/C=C/CC(OS(=O)(=O)O)C(C)C1(C)OCCO1. The molecule has 9 nitrogen and oxygen atoms in total. The van der Waals surface area contributed by atoms with Gasteiger partial charge in [0.05, 0.1) is 31.5 Å². The van der Waals surface area contributed by atoms with Crippen LogP contribution in [0.2, 0.25) is 0 Å². The van der Waals surface area contributed by atoms with Crippen LogP contribution in [0.4, 0.5) is 0 Å². The largest absolute Gasteiger partial charge is 0.397 e. The summed E-state index contributed by atoms with van der Waals surface area (Å²) >= 11 is 0. The number of carbonyl (C=O) groups is 1. The molecule has 1 rings (SSSR count). The number of hydrogen-bond acceptors (Lipinski definition) is 8. The number of rotatable bonds is 22. The second kappa shape index (κ2) is 24.0. The lowest BCUT2D eigenvalue weighted by molar-refractivity contribution is -0.195. The minimum Gasteiger partial charge on any atom is -0.392 e. The van der Waals surface area contributed by atoms with Crippen molar-refractivity contribution in [3.05, 3.63) is 121 Å². The number of ketones is 1. The fourth-order valence-electron chi connectivity index (χ4n) is 4.63. The Hall–Kier alpha value is -3.22. The highest BCUT2D eigenvalue weighted by molar-refractivity contribution is 7.80. The Morgan fingerprint density at radius 3 is 1.86 bits per heavy atom. The van der Waals surface area contributed by atoms with Gasteiger partial charge in [-0.2, -0.15) is 8.42 Å². The summed E-state index contributed by atoms with van der Waals surface area (Å²) in [5.74, 6) is -1.84. The van der Waals surface area contributed by atoms with Crippen molar-refractivity contribution in [3.8, 4) is 0 Å². The van der Waals surface area contributed by atoms with Crippen LogP contribution in [0.15, 0.2) is 121 Å². The van der Waals surface area contributed by atoms with Gasteiger partial charge in [0.1, 0.15) is 0 Å². The van der Waals surface area contributed by atoms with E-state index in [0.717, 1.165) is 18.4 Å². The fraction of sp³-hybridized carbons (Fsp3) is 0.462. The highest BCUT2D eigenvalue weighted by atomic mass is 32.3. The molecule has 49 heavy (non-hydrogen) atoms. The lowest BCUT2D eigenvalue weighted by atomic mass is 9.88. The predicted molar refractivity (Wildman–Crippen MR) is 197 cm³/mol. The van der Waals surface area contributed by atoms with Crippen molar-refractivity contribution in [1.29, 1.82) is 0 Å². The first-order chi connectivity index (χ1) is 23.2. The number of aliphatic hydroxyl groups is 2. The summed E-state index contributed by atoms with van der Waals surface area (Å²) in [6, 6.07) is 0. The number of ether oxygens (including phenoxy) is 2. The maximum absolute atomic E-state index is 11.3. The minimum absolute atomic E-state index is 0.0614. The Balaban J connectivity index is 2.42. The first-order valence-corrected chi connectivity index (χ1v) is 18.0. The molecule has 0 aromatic rings. The van der Waals surface area contributed by atoms with Gasteiger partial charge < -0.3 is 19.7 Å². The van der Waals surface area contributed by atoms with Crippen molar-refractivity contribution < 1.29 is 41.6 Å². The average molecular weight is 701 g/mol. The van der Waals surface area contributed by atoms with Crippen LogP contribution in [0.5, 0.6) is 0 Å². The summed E-state index contributed by atoms with van der Waals surface area (Å²) in [6.45, 7) is 11.4. The van der Waals surface area contributed by atoms with E-state index in [2.05, 4.69) is 0 Å². The third-order valence-electron chi connectivity index (χ3n) is 8.12. The summed E-state index contributed by atoms with van der Waals surface area (Å²) in [6.07, 6.45) is 34.6. The molecule has 6 unspecified atom stereocenters. The molecule has 1 heterocycles. The summed E-state index contributed by atoms with van der Waals surface area (Å²) in [7, 11) is -4.64. The van der Waals surface area contributed by atoms with E-state index >= 15 is 0 Å². The Kier molecular flexibility index (Phi) is 21.5. The van der Waals surface area contributed by atoms with Crippen LogP contribution >= 0.6 is 0 Å². The highest BCUT2D eigenvalue weighted by Crippen LogP contribution is 2.33. The van der Waals surface area contributed by atoms with Gasteiger partial charge in [0.2, 0.25) is 0 Å². The highest BCUT2D eigenvalue weighted by Gasteiger charge is 2.42. The molecule has 10 heteroatoms. The van der Waals surface area contributed by atoms with E-state index in [-0.39, 0.29) is 24.0 Å². The van der Waals surface area contributed by atoms with E-state index in [1.165, 1.54) is 0 Å². The van der Waals surface area contributed by atoms with Crippen LogP contribution in [0, 0.1) is 17.8 Å². The molecule has 3 N–H and O–H groups in total. The zero-order valence-corrected chi connectivity index (χ0v) is 30.5. The van der Waals surface area contributed by atoms with Gasteiger partial charge in [-0.1, -0.05) is 136 Å². The molecular weight excluding hydrogens is 644 g/mol. The molecule has 0 radical (unpaired) electrons. The monoisotopic (exact) mass is 700 g/mol. The number of hydrogen-bond donors (Lipinski definition) is 3. The number of carbonyl (C=O) groups excluding carboxylic acids is 1. The summed E-state index contributed by atoms with van der Waals surface area (Å²) in [5.41, 5.74) is 0.718. The molecule has 6 atom stereocenters. The standard InChI is InChI=1S/C39H56O9S/c1-31(35(5)40)25-21-17-13-12-14-18-22-26-32(2)38(42)33(3)36(41)27-23-19-15-10-8-7-9-11-16-20-24-28-37(48-49(43,44)45)34(4)39(6)46-29-30-47-39/h7-13,15-17,19-27,32-34,36-38,41-42H,14,18,28-30H2,1-6H3,(H,43,44,45)/b9-7+,10-8+,13-12+,16-11+,19-15+,21-17+,24-20+,26-22+,27-23+,31-25+. The fourth-order valence-corrected chi connectivity index (χ4v) is 5.18. The van der Waals surface area contributed by atoms with E-state index in [1.807, 2.05) is 86.8 Å². The van der Waals surface area contributed by atoms with E-state index in [1.54, 1.807) is 70.2 Å². The molecule has 0 aromatic carbocycles. The zero-order valence-electron chi connectivity index (χ0n) is 29.7. The quantitative estimate of drug-likeness (QED) is 0.0350. The van der Waals surface area contributed by atoms with Gasteiger partial charge in [-0.25, -0.2) is 4.18 Å². The van der Waals surface area contributed by atoms with E-state index in [0.29, 0.717) is 13.2 Å². The van der Waals surface area contributed by atoms with Gasteiger partial charge >= 0.3 is 10.4 Å². The van der Waals surface area contributed by atoms with Crippen LogP contribution in [0.3, 0.4) is 0 Å². The lowest BCUT2D eigenvalue weighted by Crippen LogP contribution is -2.42. The normalized spacial score (nSPS) is 20.5. The topological polar surface area (TPSA) is 140 Å². The van der Waals surface area contributed by atoms with Crippen molar-refractivity contribution in [3.63, 3.8) is 0 Å². The predicted octanol–water partition coefficient (Wildman–Crippen LogP) is 7.28. The van der Waals surface area contributed by atoms with Crippen LogP contribution in [0.1, 0.15) is 60.8 Å². The molecule has 272 valence electrons. The summed E-state index contributed by atoms with van der Waals surface area (Å²) in [5, 5.41) is 21.2. The van der Waals surface area contributed by atoms with Crippen LogP contribution in [-0.2, 0) is 28.9 Å². The van der Waals surface area contributed by atoms with Crippen molar-refractivity contribution in [2.45, 2.75) is 84.9 Å². The molecule has 0 spiro atoms. The summed E-state index contributed by atoms with van der Waals surface area (Å²) < 4.78 is 48.0. The number of Topliss-reactive ketones (excluding diaryl/α,β-unsaturated/α-hetero) is 1. The molecule has 0 aliphatic carbocycles. The molecule has 0 aromatic heterocycles. The van der Waals surface area contributed by atoms with Gasteiger partial charge in [0, 0.05) is 17.8 Å². The zero-order chi connectivity index (χ0) is 36.7. The Bertz CT molecular complexity index is 1390. The van der Waals surface area contributed by atoms with Gasteiger partial charge in [0.15, 0.2) is 11.6 Å². The van der Waals surface area contributed by atoms with Gasteiger partial charge in [-0.05, 0) is 45.6 Å². The molecule has 0 bridgehead atoms. The minimum atomic E-state index is -4.64. The number of allylic oxidation sites excluding steroid dienone is 17. The number of unbranched alkanes of at least 4 members (excludes halogenated alkanes) is 1. The Morgan fingerprint density at radius 2 is 1.29 bits per heavy atom. The van der Waals surface area contributed by atoms with Gasteiger partial charge in [0.25, 0.3) is 0 Å². The first kappa shape index (κ1) is 43.8. The molecule has 1 saturated heterocycles. The van der Waals surface area contributed by atoms with Crippen LogP contribution < -0.4 is 0 Å². The van der Waals surface area contributed by atoms with Crippen molar-refractivity contribution in [2.75, 3.05) is 13.2 Å². The van der Waals surface area contributed by atoms with Gasteiger partial charge in [-0.3, -0.25) is 9.35 Å². The lowest BCUT2D eigenvalue weighted by Gasteiger charge is -2.33. The van der Waals surface area contributed by atoms with E-state index in [4.69, 9.17) is 13.7 Å². The van der Waals surface area contributed by atoms with Crippen molar-refractivity contribution >= 4 is 16.2 Å². The molecular formula is C39H56O9S. The summed E-state index contributed by atoms with van der Waals surface area (Å²) in [4.78, 5) is 11.2. The third-order valence-corrected chi connectivity index (χ3v) is 8.61. The maximum atomic E-state index is 11.3. The Labute approximate surface area is 294 Å². The average Bonchev–Trinajstić information content (AvgIpc) is 3.50. The third kappa shape index (κ3) is 19.5. The Morgan fingerprint density at radius 1 is 0.776 bits per heavy atom. The van der Waals surface area contributed by atoms with Gasteiger partial charge in [-0.15, -0.1) is 0 Å². The molecule has 1 aliphatic rings. The second-order valence-electron chi connectivity index (χ2n) is 12.1. The second-order valence-corrected chi connectivity index (χ2v) is 13.1. The number of aliphatic hydroxyl groups excluding tert-OH is 2. The smallest absolute Gasteiger partial charge is 0.392 e. The van der Waals surface area contributed by atoms with E-state index in [9.17, 15) is 28.0 Å².